The predicted molar refractivity (Wildman–Crippen MR) is 83.3 cm³/mol. The van der Waals surface area contributed by atoms with Gasteiger partial charge >= 0.3 is 0 Å². The van der Waals surface area contributed by atoms with Gasteiger partial charge in [0.05, 0.1) is 0 Å². The van der Waals surface area contributed by atoms with E-state index in [2.05, 4.69) is 41.3 Å². The number of halogens is 1. The minimum Gasteiger partial charge on any atom is -0.340 e. The van der Waals surface area contributed by atoms with Crippen molar-refractivity contribution in [3.63, 3.8) is 0 Å². The summed E-state index contributed by atoms with van der Waals surface area (Å²) in [4.78, 5) is 8.21. The molecule has 1 N–H and O–H groups in total. The van der Waals surface area contributed by atoms with Crippen LogP contribution < -0.4 is 5.32 Å². The summed E-state index contributed by atoms with van der Waals surface area (Å²) in [5, 5.41) is 3.89. The second-order valence-corrected chi connectivity index (χ2v) is 5.26. The largest absolute Gasteiger partial charge is 0.340 e. The molecule has 2 aromatic carbocycles. The van der Waals surface area contributed by atoms with Crippen molar-refractivity contribution in [2.24, 2.45) is 0 Å². The molecule has 0 atom stereocenters. The molecule has 0 aliphatic heterocycles. The molecule has 106 valence electrons. The fraction of sp³-hybridized carbons (Fsp3) is 0.176. The van der Waals surface area contributed by atoms with Gasteiger partial charge in [-0.25, -0.2) is 14.4 Å². The fourth-order valence-electron chi connectivity index (χ4n) is 2.24. The molecule has 0 amide bonds. The highest BCUT2D eigenvalue weighted by Crippen LogP contribution is 2.25. The molecule has 0 saturated carbocycles. The van der Waals surface area contributed by atoms with Crippen LogP contribution in [0, 0.1) is 5.82 Å². The normalized spacial score (nSPS) is 11.0. The first-order valence-corrected chi connectivity index (χ1v) is 6.91. The highest BCUT2D eigenvalue weighted by atomic mass is 19.1. The Kier molecular flexibility index (Phi) is 3.52. The zero-order chi connectivity index (χ0) is 14.8. The standard InChI is InChI=1S/C17H16FN3/c1-11(2)12-6-8-13(9-7-12)21-17-14-4-3-5-15(18)16(14)19-10-20-17/h3-11H,1-2H3,(H,19,20,21). The molecule has 0 fully saturated rings. The molecule has 3 rings (SSSR count). The molecule has 3 nitrogen and oxygen atoms in total. The second-order valence-electron chi connectivity index (χ2n) is 5.26. The Bertz CT molecular complexity index is 767. The van der Waals surface area contributed by atoms with Crippen LogP contribution in [-0.2, 0) is 0 Å². The van der Waals surface area contributed by atoms with Gasteiger partial charge in [0.15, 0.2) is 0 Å². The van der Waals surface area contributed by atoms with E-state index in [9.17, 15) is 4.39 Å². The van der Waals surface area contributed by atoms with Crippen molar-refractivity contribution in [3.05, 3.63) is 60.2 Å². The Morgan fingerprint density at radius 2 is 1.76 bits per heavy atom. The predicted octanol–water partition coefficient (Wildman–Crippen LogP) is 4.64. The lowest BCUT2D eigenvalue weighted by molar-refractivity contribution is 0.636. The molecule has 3 aromatic rings. The first-order chi connectivity index (χ1) is 10.1. The maximum atomic E-state index is 13.7. The van der Waals surface area contributed by atoms with Crippen LogP contribution in [0.15, 0.2) is 48.8 Å². The molecule has 0 spiro atoms. The summed E-state index contributed by atoms with van der Waals surface area (Å²) in [6, 6.07) is 13.0. The third-order valence-electron chi connectivity index (χ3n) is 3.46. The third-order valence-corrected chi connectivity index (χ3v) is 3.46. The number of hydrogen-bond donors (Lipinski definition) is 1. The average Bonchev–Trinajstić information content (AvgIpc) is 2.49. The molecule has 1 heterocycles. The van der Waals surface area contributed by atoms with E-state index in [1.54, 1.807) is 6.07 Å². The maximum Gasteiger partial charge on any atom is 0.149 e. The van der Waals surface area contributed by atoms with Crippen LogP contribution in [0.25, 0.3) is 10.9 Å². The molecule has 1 aromatic heterocycles. The number of nitrogens with one attached hydrogen (secondary N) is 1. The van der Waals surface area contributed by atoms with Crippen molar-refractivity contribution in [2.75, 3.05) is 5.32 Å². The number of anilines is 2. The van der Waals surface area contributed by atoms with E-state index in [-0.39, 0.29) is 5.82 Å². The number of rotatable bonds is 3. The van der Waals surface area contributed by atoms with Crippen LogP contribution in [0.5, 0.6) is 0 Å². The van der Waals surface area contributed by atoms with Crippen LogP contribution in [-0.4, -0.2) is 9.97 Å². The summed E-state index contributed by atoms with van der Waals surface area (Å²) in [6.07, 6.45) is 1.37. The topological polar surface area (TPSA) is 37.8 Å². The SMILES string of the molecule is CC(C)c1ccc(Nc2ncnc3c(F)cccc23)cc1. The molecule has 0 aliphatic rings. The van der Waals surface area contributed by atoms with E-state index in [1.165, 1.54) is 18.0 Å². The van der Waals surface area contributed by atoms with Gasteiger partial charge in [-0.1, -0.05) is 32.0 Å². The highest BCUT2D eigenvalue weighted by Gasteiger charge is 2.07. The van der Waals surface area contributed by atoms with Gasteiger partial charge in [0, 0.05) is 11.1 Å². The summed E-state index contributed by atoms with van der Waals surface area (Å²) in [5.41, 5.74) is 2.52. The van der Waals surface area contributed by atoms with E-state index < -0.39 is 0 Å². The van der Waals surface area contributed by atoms with E-state index in [0.29, 0.717) is 22.6 Å². The van der Waals surface area contributed by atoms with E-state index in [1.807, 2.05) is 18.2 Å². The van der Waals surface area contributed by atoms with Gasteiger partial charge in [-0.2, -0.15) is 0 Å². The van der Waals surface area contributed by atoms with Crippen LogP contribution in [0.1, 0.15) is 25.3 Å². The number of para-hydroxylation sites is 1. The number of fused-ring (bicyclic) bond motifs is 1. The average molecular weight is 281 g/mol. The zero-order valence-corrected chi connectivity index (χ0v) is 12.0. The van der Waals surface area contributed by atoms with Crippen molar-refractivity contribution in [1.29, 1.82) is 0 Å². The lowest BCUT2D eigenvalue weighted by atomic mass is 10.0. The van der Waals surface area contributed by atoms with Crippen molar-refractivity contribution in [2.45, 2.75) is 19.8 Å². The van der Waals surface area contributed by atoms with Crippen molar-refractivity contribution >= 4 is 22.4 Å². The van der Waals surface area contributed by atoms with Crippen LogP contribution in [0.4, 0.5) is 15.9 Å². The van der Waals surface area contributed by atoms with E-state index in [4.69, 9.17) is 0 Å². The lowest BCUT2D eigenvalue weighted by Crippen LogP contribution is -1.97. The van der Waals surface area contributed by atoms with Crippen molar-refractivity contribution in [3.8, 4) is 0 Å². The molecular weight excluding hydrogens is 265 g/mol. The van der Waals surface area contributed by atoms with Gasteiger partial charge in [0.2, 0.25) is 0 Å². The van der Waals surface area contributed by atoms with Crippen molar-refractivity contribution in [1.82, 2.24) is 9.97 Å². The molecule has 0 radical (unpaired) electrons. The molecule has 0 unspecified atom stereocenters. The highest BCUT2D eigenvalue weighted by molar-refractivity contribution is 5.90. The minimum absolute atomic E-state index is 0.328. The molecule has 0 saturated heterocycles. The van der Waals surface area contributed by atoms with Gasteiger partial charge < -0.3 is 5.32 Å². The lowest BCUT2D eigenvalue weighted by Gasteiger charge is -2.10. The Hall–Kier alpha value is -2.49. The quantitative estimate of drug-likeness (QED) is 0.760. The first kappa shape index (κ1) is 13.5. The Morgan fingerprint density at radius 3 is 2.48 bits per heavy atom. The number of benzene rings is 2. The van der Waals surface area contributed by atoms with Gasteiger partial charge in [-0.15, -0.1) is 0 Å². The summed E-state index contributed by atoms with van der Waals surface area (Å²) >= 11 is 0. The molecular formula is C17H16FN3. The molecule has 0 aliphatic carbocycles. The van der Waals surface area contributed by atoms with E-state index in [0.717, 1.165) is 5.69 Å². The van der Waals surface area contributed by atoms with E-state index >= 15 is 0 Å². The zero-order valence-electron chi connectivity index (χ0n) is 12.0. The van der Waals surface area contributed by atoms with Gasteiger partial charge in [0.25, 0.3) is 0 Å². The van der Waals surface area contributed by atoms with Gasteiger partial charge in [-0.05, 0) is 35.7 Å². The first-order valence-electron chi connectivity index (χ1n) is 6.91. The van der Waals surface area contributed by atoms with Crippen LogP contribution in [0.2, 0.25) is 0 Å². The molecule has 21 heavy (non-hydrogen) atoms. The second kappa shape index (κ2) is 5.48. The number of aromatic nitrogens is 2. The number of nitrogens with zero attached hydrogens (tertiary/aromatic N) is 2. The summed E-state index contributed by atoms with van der Waals surface area (Å²) in [6.45, 7) is 4.31. The number of hydrogen-bond acceptors (Lipinski definition) is 3. The summed E-state index contributed by atoms with van der Waals surface area (Å²) < 4.78 is 13.7. The maximum absolute atomic E-state index is 13.7. The molecule has 4 heteroatoms. The van der Waals surface area contributed by atoms with Crippen molar-refractivity contribution < 1.29 is 4.39 Å². The molecule has 0 bridgehead atoms. The summed E-state index contributed by atoms with van der Waals surface area (Å²) in [5.74, 6) is 0.762. The smallest absolute Gasteiger partial charge is 0.149 e. The van der Waals surface area contributed by atoms with Gasteiger partial charge in [0.1, 0.15) is 23.5 Å². The summed E-state index contributed by atoms with van der Waals surface area (Å²) in [7, 11) is 0. The Balaban J connectivity index is 1.96. The monoisotopic (exact) mass is 281 g/mol. The third kappa shape index (κ3) is 2.70. The Labute approximate surface area is 122 Å². The van der Waals surface area contributed by atoms with Crippen LogP contribution >= 0.6 is 0 Å². The fourth-order valence-corrected chi connectivity index (χ4v) is 2.24. The van der Waals surface area contributed by atoms with Gasteiger partial charge in [-0.3, -0.25) is 0 Å². The Morgan fingerprint density at radius 1 is 1.00 bits per heavy atom. The van der Waals surface area contributed by atoms with Crippen LogP contribution in [0.3, 0.4) is 0 Å². The minimum atomic E-state index is -0.340.